The van der Waals surface area contributed by atoms with Gasteiger partial charge in [0.2, 0.25) is 0 Å². The van der Waals surface area contributed by atoms with Crippen LogP contribution in [-0.2, 0) is 16.1 Å². The number of rotatable bonds is 8. The Bertz CT molecular complexity index is 957. The van der Waals surface area contributed by atoms with E-state index < -0.39 is 0 Å². The van der Waals surface area contributed by atoms with Crippen LogP contribution in [0.5, 0.6) is 5.75 Å². The van der Waals surface area contributed by atoms with Gasteiger partial charge in [-0.2, -0.15) is 0 Å². The van der Waals surface area contributed by atoms with Crippen LogP contribution < -0.4 is 4.74 Å². The SMILES string of the molecule is CCOC(=O)CC(c1c[nH]c2cc(OCc3ccccc3)ccc12)C1CCCCC1. The summed E-state index contributed by atoms with van der Waals surface area (Å²) in [6, 6.07) is 16.4. The largest absolute Gasteiger partial charge is 0.489 e. The number of ether oxygens (including phenoxy) is 2. The molecule has 4 heteroatoms. The lowest BCUT2D eigenvalue weighted by molar-refractivity contribution is -0.144. The number of carbonyl (C=O) groups excluding carboxylic acids is 1. The van der Waals surface area contributed by atoms with Gasteiger partial charge in [-0.25, -0.2) is 0 Å². The fourth-order valence-electron chi connectivity index (χ4n) is 4.73. The van der Waals surface area contributed by atoms with Gasteiger partial charge >= 0.3 is 5.97 Å². The maximum atomic E-state index is 12.3. The van der Waals surface area contributed by atoms with Crippen molar-refractivity contribution in [3.05, 3.63) is 65.9 Å². The summed E-state index contributed by atoms with van der Waals surface area (Å²) < 4.78 is 11.3. The molecule has 2 aromatic carbocycles. The maximum Gasteiger partial charge on any atom is 0.306 e. The van der Waals surface area contributed by atoms with Gasteiger partial charge in [0.15, 0.2) is 0 Å². The van der Waals surface area contributed by atoms with E-state index in [0.29, 0.717) is 25.6 Å². The van der Waals surface area contributed by atoms with Gasteiger partial charge in [0.25, 0.3) is 0 Å². The molecule has 0 bridgehead atoms. The first-order valence-corrected chi connectivity index (χ1v) is 11.2. The molecular weight excluding hydrogens is 374 g/mol. The predicted molar refractivity (Wildman–Crippen MR) is 120 cm³/mol. The van der Waals surface area contributed by atoms with Gasteiger partial charge in [-0.15, -0.1) is 0 Å². The number of hydrogen-bond acceptors (Lipinski definition) is 3. The third-order valence-electron chi connectivity index (χ3n) is 6.24. The van der Waals surface area contributed by atoms with Crippen molar-refractivity contribution in [1.82, 2.24) is 4.98 Å². The van der Waals surface area contributed by atoms with E-state index in [1.807, 2.05) is 31.2 Å². The van der Waals surface area contributed by atoms with E-state index >= 15 is 0 Å². The van der Waals surface area contributed by atoms with E-state index in [4.69, 9.17) is 9.47 Å². The molecular formula is C26H31NO3. The van der Waals surface area contributed by atoms with Gasteiger partial charge in [-0.1, -0.05) is 49.6 Å². The van der Waals surface area contributed by atoms with Crippen LogP contribution in [0.2, 0.25) is 0 Å². The minimum atomic E-state index is -0.0924. The number of fused-ring (bicyclic) bond motifs is 1. The Labute approximate surface area is 178 Å². The first-order chi connectivity index (χ1) is 14.7. The van der Waals surface area contributed by atoms with Gasteiger partial charge in [0.05, 0.1) is 13.0 Å². The van der Waals surface area contributed by atoms with Crippen LogP contribution in [0.25, 0.3) is 10.9 Å². The van der Waals surface area contributed by atoms with Crippen LogP contribution in [0, 0.1) is 5.92 Å². The van der Waals surface area contributed by atoms with E-state index in [2.05, 4.69) is 35.4 Å². The summed E-state index contributed by atoms with van der Waals surface area (Å²) in [6.07, 6.45) is 8.73. The Hall–Kier alpha value is -2.75. The molecule has 4 nitrogen and oxygen atoms in total. The maximum absolute atomic E-state index is 12.3. The number of aromatic nitrogens is 1. The van der Waals surface area contributed by atoms with Crippen LogP contribution in [0.1, 0.15) is 62.5 Å². The minimum Gasteiger partial charge on any atom is -0.489 e. The predicted octanol–water partition coefficient (Wildman–Crippen LogP) is 6.36. The fourth-order valence-corrected chi connectivity index (χ4v) is 4.73. The Morgan fingerprint density at radius 2 is 1.90 bits per heavy atom. The zero-order valence-electron chi connectivity index (χ0n) is 17.7. The Morgan fingerprint density at radius 3 is 2.67 bits per heavy atom. The molecule has 1 saturated carbocycles. The second-order valence-corrected chi connectivity index (χ2v) is 8.24. The molecule has 3 aromatic rings. The third-order valence-corrected chi connectivity index (χ3v) is 6.24. The second-order valence-electron chi connectivity index (χ2n) is 8.24. The molecule has 1 aliphatic carbocycles. The Morgan fingerprint density at radius 1 is 1.10 bits per heavy atom. The van der Waals surface area contributed by atoms with Gasteiger partial charge < -0.3 is 14.5 Å². The monoisotopic (exact) mass is 405 g/mol. The fraction of sp³-hybridized carbons (Fsp3) is 0.423. The van der Waals surface area contributed by atoms with Crippen LogP contribution in [-0.4, -0.2) is 17.6 Å². The molecule has 1 atom stereocenters. The van der Waals surface area contributed by atoms with Crippen molar-refractivity contribution in [3.63, 3.8) is 0 Å². The quantitative estimate of drug-likeness (QED) is 0.443. The molecule has 1 aliphatic rings. The summed E-state index contributed by atoms with van der Waals surface area (Å²) >= 11 is 0. The molecule has 1 aromatic heterocycles. The van der Waals surface area contributed by atoms with Crippen molar-refractivity contribution in [2.24, 2.45) is 5.92 Å². The molecule has 0 spiro atoms. The Balaban J connectivity index is 1.55. The van der Waals surface area contributed by atoms with Gasteiger partial charge in [0.1, 0.15) is 12.4 Å². The van der Waals surface area contributed by atoms with Gasteiger partial charge in [-0.3, -0.25) is 4.79 Å². The average Bonchev–Trinajstić information content (AvgIpc) is 3.20. The normalized spacial score (nSPS) is 15.8. The number of esters is 1. The molecule has 30 heavy (non-hydrogen) atoms. The highest BCUT2D eigenvalue weighted by atomic mass is 16.5. The summed E-state index contributed by atoms with van der Waals surface area (Å²) in [5.74, 6) is 1.50. The highest BCUT2D eigenvalue weighted by molar-refractivity contribution is 5.86. The topological polar surface area (TPSA) is 51.3 Å². The van der Waals surface area contributed by atoms with Crippen molar-refractivity contribution in [1.29, 1.82) is 0 Å². The zero-order chi connectivity index (χ0) is 20.8. The molecule has 0 saturated heterocycles. The molecule has 158 valence electrons. The van der Waals surface area contributed by atoms with Crippen LogP contribution in [0.4, 0.5) is 0 Å². The van der Waals surface area contributed by atoms with Crippen molar-refractivity contribution in [3.8, 4) is 5.75 Å². The van der Waals surface area contributed by atoms with E-state index in [1.165, 1.54) is 43.1 Å². The summed E-state index contributed by atoms with van der Waals surface area (Å²) in [5, 5.41) is 1.18. The average molecular weight is 406 g/mol. The molecule has 1 unspecified atom stereocenters. The molecule has 0 aliphatic heterocycles. The van der Waals surface area contributed by atoms with Crippen molar-refractivity contribution in [2.45, 2.75) is 58.0 Å². The first-order valence-electron chi connectivity index (χ1n) is 11.2. The second kappa shape index (κ2) is 9.84. The van der Waals surface area contributed by atoms with Crippen molar-refractivity contribution >= 4 is 16.9 Å². The molecule has 0 radical (unpaired) electrons. The zero-order valence-corrected chi connectivity index (χ0v) is 17.7. The molecule has 1 N–H and O–H groups in total. The molecule has 4 rings (SSSR count). The van der Waals surface area contributed by atoms with Gasteiger partial charge in [0, 0.05) is 23.2 Å². The third kappa shape index (κ3) is 4.86. The Kier molecular flexibility index (Phi) is 6.73. The van der Waals surface area contributed by atoms with E-state index in [0.717, 1.165) is 16.8 Å². The lowest BCUT2D eigenvalue weighted by atomic mass is 9.75. The number of hydrogen-bond donors (Lipinski definition) is 1. The van der Waals surface area contributed by atoms with Crippen LogP contribution in [0.15, 0.2) is 54.7 Å². The van der Waals surface area contributed by atoms with Crippen LogP contribution >= 0.6 is 0 Å². The van der Waals surface area contributed by atoms with E-state index in [1.54, 1.807) is 0 Å². The number of aromatic amines is 1. The number of nitrogens with one attached hydrogen (secondary N) is 1. The lowest BCUT2D eigenvalue weighted by Gasteiger charge is -2.29. The number of benzene rings is 2. The minimum absolute atomic E-state index is 0.0924. The summed E-state index contributed by atoms with van der Waals surface area (Å²) in [7, 11) is 0. The van der Waals surface area contributed by atoms with E-state index in [-0.39, 0.29) is 11.9 Å². The summed E-state index contributed by atoms with van der Waals surface area (Å²) in [5.41, 5.74) is 3.44. The smallest absolute Gasteiger partial charge is 0.306 e. The van der Waals surface area contributed by atoms with Gasteiger partial charge in [-0.05, 0) is 54.9 Å². The highest BCUT2D eigenvalue weighted by Gasteiger charge is 2.29. The van der Waals surface area contributed by atoms with Crippen molar-refractivity contribution < 1.29 is 14.3 Å². The molecule has 1 fully saturated rings. The molecule has 0 amide bonds. The lowest BCUT2D eigenvalue weighted by Crippen LogP contribution is -2.20. The summed E-state index contributed by atoms with van der Waals surface area (Å²) in [6.45, 7) is 2.86. The number of carbonyl (C=O) groups is 1. The molecule has 1 heterocycles. The summed E-state index contributed by atoms with van der Waals surface area (Å²) in [4.78, 5) is 15.8. The first kappa shape index (κ1) is 20.5. The van der Waals surface area contributed by atoms with Crippen molar-refractivity contribution in [2.75, 3.05) is 6.61 Å². The highest BCUT2D eigenvalue weighted by Crippen LogP contribution is 2.41. The van der Waals surface area contributed by atoms with Crippen LogP contribution in [0.3, 0.4) is 0 Å². The standard InChI is InChI=1S/C26H31NO3/c1-2-29-26(28)16-23(20-11-7-4-8-12-20)24-17-27-25-15-21(13-14-22(24)25)30-18-19-9-5-3-6-10-19/h3,5-6,9-10,13-15,17,20,23,27H,2,4,7-8,11-12,16,18H2,1H3. The van der Waals surface area contributed by atoms with E-state index in [9.17, 15) is 4.79 Å². The number of H-pyrrole nitrogens is 1.